The Morgan fingerprint density at radius 2 is 1.71 bits per heavy atom. The number of carbonyl (C=O) groups excluding carboxylic acids is 2. The van der Waals surface area contributed by atoms with E-state index in [0.29, 0.717) is 38.4 Å². The molecule has 1 amide bonds. The molecule has 3 aliphatic rings. The third-order valence-corrected chi connectivity index (χ3v) is 10.9. The van der Waals surface area contributed by atoms with Crippen LogP contribution < -0.4 is 0 Å². The lowest BCUT2D eigenvalue weighted by molar-refractivity contribution is -0.127. The Labute approximate surface area is 235 Å². The second-order valence-electron chi connectivity index (χ2n) is 12.7. The Hall–Kier alpha value is -1.89. The van der Waals surface area contributed by atoms with E-state index in [2.05, 4.69) is 25.9 Å². The Morgan fingerprint density at radius 1 is 1.13 bits per heavy atom. The fourth-order valence-corrected chi connectivity index (χ4v) is 7.88. The molecule has 5 rings (SSSR count). The lowest BCUT2D eigenvalue weighted by Gasteiger charge is -2.36. The summed E-state index contributed by atoms with van der Waals surface area (Å²) in [5.41, 5.74) is 1.93. The number of nitrogens with zero attached hydrogens (tertiary/aromatic N) is 3. The number of ketones is 1. The Morgan fingerprint density at radius 3 is 2.26 bits per heavy atom. The van der Waals surface area contributed by atoms with Crippen LogP contribution in [-0.2, 0) is 4.79 Å². The van der Waals surface area contributed by atoms with E-state index in [-0.39, 0.29) is 35.7 Å². The van der Waals surface area contributed by atoms with Crippen molar-refractivity contribution >= 4 is 34.9 Å². The van der Waals surface area contributed by atoms with E-state index in [0.717, 1.165) is 44.2 Å². The summed E-state index contributed by atoms with van der Waals surface area (Å²) in [6.45, 7) is 10.4. The number of fused-ring (bicyclic) bond motifs is 1. The quantitative estimate of drug-likeness (QED) is 0.403. The van der Waals surface area contributed by atoms with Gasteiger partial charge in [-0.1, -0.05) is 50.0 Å². The van der Waals surface area contributed by atoms with Crippen molar-refractivity contribution in [2.24, 2.45) is 22.7 Å². The molecule has 6 nitrogen and oxygen atoms in total. The predicted octanol–water partition coefficient (Wildman–Crippen LogP) is 6.82. The Balaban J connectivity index is 1.39. The van der Waals surface area contributed by atoms with Gasteiger partial charge in [0.25, 0.3) is 5.91 Å². The number of benzene rings is 1. The number of aromatic nitrogens is 2. The summed E-state index contributed by atoms with van der Waals surface area (Å²) in [5, 5.41) is 16.7. The van der Waals surface area contributed by atoms with Gasteiger partial charge >= 0.3 is 0 Å². The van der Waals surface area contributed by atoms with Gasteiger partial charge in [-0.05, 0) is 81.8 Å². The number of carbonyl (C=O) groups is 2. The second kappa shape index (κ2) is 9.94. The summed E-state index contributed by atoms with van der Waals surface area (Å²) >= 11 is 12.8. The predicted molar refractivity (Wildman–Crippen MR) is 149 cm³/mol. The SMILES string of the molecule is CC(=O)C1(C)CCC(n2ncc(C(=O)N(CC(O)c3c(Cl)cccc3Cl)C3C[C@@H]4[C@H](C3)C4(C)C)c2C)CC1. The van der Waals surface area contributed by atoms with Gasteiger partial charge in [0.15, 0.2) is 0 Å². The van der Waals surface area contributed by atoms with E-state index in [1.54, 1.807) is 31.3 Å². The van der Waals surface area contributed by atoms with E-state index in [9.17, 15) is 14.7 Å². The van der Waals surface area contributed by atoms with Crippen molar-refractivity contribution in [3.05, 3.63) is 51.3 Å². The van der Waals surface area contributed by atoms with Crippen molar-refractivity contribution in [1.82, 2.24) is 14.7 Å². The molecule has 206 valence electrons. The van der Waals surface area contributed by atoms with E-state index >= 15 is 0 Å². The first-order valence-corrected chi connectivity index (χ1v) is 14.6. The molecule has 2 unspecified atom stereocenters. The summed E-state index contributed by atoms with van der Waals surface area (Å²) < 4.78 is 1.97. The van der Waals surface area contributed by atoms with Gasteiger partial charge in [-0.15, -0.1) is 0 Å². The largest absolute Gasteiger partial charge is 0.386 e. The molecule has 3 aliphatic carbocycles. The molecule has 2 aromatic rings. The van der Waals surface area contributed by atoms with Crippen molar-refractivity contribution in [1.29, 1.82) is 0 Å². The van der Waals surface area contributed by atoms with Crippen LogP contribution in [0.2, 0.25) is 10.0 Å². The van der Waals surface area contributed by atoms with E-state index < -0.39 is 6.10 Å². The van der Waals surface area contributed by atoms with Crippen LogP contribution in [0.3, 0.4) is 0 Å². The van der Waals surface area contributed by atoms with Gasteiger partial charge in [-0.25, -0.2) is 0 Å². The molecule has 1 heterocycles. The molecule has 3 fully saturated rings. The van der Waals surface area contributed by atoms with Crippen LogP contribution in [0, 0.1) is 29.6 Å². The normalized spacial score (nSPS) is 30.5. The molecule has 0 saturated heterocycles. The Kier molecular flexibility index (Phi) is 7.24. The molecule has 0 bridgehead atoms. The topological polar surface area (TPSA) is 75.4 Å². The summed E-state index contributed by atoms with van der Waals surface area (Å²) in [6.07, 6.45) is 5.93. The van der Waals surface area contributed by atoms with Crippen molar-refractivity contribution in [3.63, 3.8) is 0 Å². The van der Waals surface area contributed by atoms with Crippen LogP contribution in [0.1, 0.15) is 100.0 Å². The van der Waals surface area contributed by atoms with Gasteiger partial charge in [-0.2, -0.15) is 5.10 Å². The average molecular weight is 561 g/mol. The molecule has 0 radical (unpaired) electrons. The molecule has 1 aromatic carbocycles. The fourth-order valence-electron chi connectivity index (χ4n) is 7.23. The zero-order chi connectivity index (χ0) is 27.6. The molecule has 1 N–H and O–H groups in total. The van der Waals surface area contributed by atoms with Crippen molar-refractivity contribution in [2.75, 3.05) is 6.54 Å². The van der Waals surface area contributed by atoms with E-state index in [1.165, 1.54) is 0 Å². The zero-order valence-corrected chi connectivity index (χ0v) is 24.5. The minimum absolute atomic E-state index is 0.0511. The minimum atomic E-state index is -0.997. The maximum absolute atomic E-state index is 14.1. The molecular formula is C30H39Cl2N3O3. The highest BCUT2D eigenvalue weighted by atomic mass is 35.5. The third kappa shape index (κ3) is 4.71. The van der Waals surface area contributed by atoms with Crippen LogP contribution in [-0.4, -0.2) is 44.1 Å². The zero-order valence-electron chi connectivity index (χ0n) is 23.0. The molecule has 0 spiro atoms. The highest BCUT2D eigenvalue weighted by Gasteiger charge is 2.63. The highest BCUT2D eigenvalue weighted by Crippen LogP contribution is 2.67. The number of rotatable bonds is 7. The summed E-state index contributed by atoms with van der Waals surface area (Å²) in [6, 6.07) is 5.39. The Bertz CT molecular complexity index is 1210. The number of aliphatic hydroxyl groups is 1. The molecule has 0 aliphatic heterocycles. The van der Waals surface area contributed by atoms with Crippen LogP contribution in [0.15, 0.2) is 24.4 Å². The first-order valence-electron chi connectivity index (χ1n) is 13.8. The smallest absolute Gasteiger partial charge is 0.257 e. The number of hydrogen-bond donors (Lipinski definition) is 1. The molecular weight excluding hydrogens is 521 g/mol. The van der Waals surface area contributed by atoms with Crippen LogP contribution >= 0.6 is 23.2 Å². The van der Waals surface area contributed by atoms with Crippen molar-refractivity contribution in [2.45, 2.75) is 91.3 Å². The molecule has 38 heavy (non-hydrogen) atoms. The molecule has 3 saturated carbocycles. The molecule has 4 atom stereocenters. The van der Waals surface area contributed by atoms with Gasteiger partial charge in [-0.3, -0.25) is 14.3 Å². The molecule has 8 heteroatoms. The molecule has 1 aromatic heterocycles. The second-order valence-corrected chi connectivity index (χ2v) is 13.5. The fraction of sp³-hybridized carbons (Fsp3) is 0.633. The maximum Gasteiger partial charge on any atom is 0.257 e. The highest BCUT2D eigenvalue weighted by molar-refractivity contribution is 6.36. The lowest BCUT2D eigenvalue weighted by Crippen LogP contribution is -2.43. The van der Waals surface area contributed by atoms with Gasteiger partial charge in [0.1, 0.15) is 5.78 Å². The van der Waals surface area contributed by atoms with E-state index in [4.69, 9.17) is 23.2 Å². The lowest BCUT2D eigenvalue weighted by atomic mass is 9.71. The number of Topliss-reactive ketones (excluding diaryl/α,β-unsaturated/α-hetero) is 1. The summed E-state index contributed by atoms with van der Waals surface area (Å²) in [5.74, 6) is 1.34. The van der Waals surface area contributed by atoms with Crippen molar-refractivity contribution in [3.8, 4) is 0 Å². The maximum atomic E-state index is 14.1. The number of halogens is 2. The van der Waals surface area contributed by atoms with Crippen LogP contribution in [0.5, 0.6) is 0 Å². The monoisotopic (exact) mass is 559 g/mol. The van der Waals surface area contributed by atoms with Crippen LogP contribution in [0.4, 0.5) is 0 Å². The van der Waals surface area contributed by atoms with Gasteiger partial charge in [0.2, 0.25) is 0 Å². The summed E-state index contributed by atoms with van der Waals surface area (Å²) in [4.78, 5) is 28.1. The number of amides is 1. The first kappa shape index (κ1) is 27.7. The van der Waals surface area contributed by atoms with Crippen molar-refractivity contribution < 1.29 is 14.7 Å². The van der Waals surface area contributed by atoms with Gasteiger partial charge in [0.05, 0.1) is 30.5 Å². The summed E-state index contributed by atoms with van der Waals surface area (Å²) in [7, 11) is 0. The van der Waals surface area contributed by atoms with Crippen LogP contribution in [0.25, 0.3) is 0 Å². The number of aliphatic hydroxyl groups excluding tert-OH is 1. The first-order chi connectivity index (χ1) is 17.8. The third-order valence-electron chi connectivity index (χ3n) is 10.3. The van der Waals surface area contributed by atoms with Gasteiger partial charge < -0.3 is 10.0 Å². The average Bonchev–Trinajstić information content (AvgIpc) is 3.24. The standard InChI is InChI=1S/C30H39Cl2N3O3/c1-17-21(15-33-35(17)19-9-11-30(5,12-10-19)18(2)36)28(38)34(20-13-22-23(14-20)29(22,3)4)16-26(37)27-24(31)7-6-8-25(27)32/h6-8,15,19-20,22-23,26,37H,9-14,16H2,1-5H3/t19?,20?,22-,23+,26?,30?. The van der Waals surface area contributed by atoms with E-state index in [1.807, 2.05) is 16.5 Å². The minimum Gasteiger partial charge on any atom is -0.386 e. The number of hydrogen-bond acceptors (Lipinski definition) is 4. The van der Waals surface area contributed by atoms with Gasteiger partial charge in [0, 0.05) is 32.8 Å².